The average molecular weight is 691 g/mol. The maximum absolute atomic E-state index is 14.5. The molecule has 0 aliphatic heterocycles. The molecule has 3 aliphatic rings. The van der Waals surface area contributed by atoms with Gasteiger partial charge in [0.05, 0.1) is 24.2 Å². The number of benzene rings is 1. The van der Waals surface area contributed by atoms with Crippen LogP contribution in [-0.2, 0) is 16.0 Å². The zero-order chi connectivity index (χ0) is 35.7. The van der Waals surface area contributed by atoms with Crippen LogP contribution in [0.15, 0.2) is 36.8 Å². The van der Waals surface area contributed by atoms with E-state index in [1.807, 2.05) is 43.7 Å². The van der Waals surface area contributed by atoms with Gasteiger partial charge in [0.1, 0.15) is 11.6 Å². The first-order valence-electron chi connectivity index (χ1n) is 20.0. The Labute approximate surface area is 302 Å². The number of rotatable bonds is 13. The van der Waals surface area contributed by atoms with E-state index < -0.39 is 23.8 Å². The van der Waals surface area contributed by atoms with Gasteiger partial charge in [-0.1, -0.05) is 114 Å². The first-order chi connectivity index (χ1) is 24.0. The van der Waals surface area contributed by atoms with Crippen molar-refractivity contribution in [3.63, 3.8) is 0 Å². The molecule has 3 fully saturated rings. The van der Waals surface area contributed by atoms with Crippen LogP contribution in [0, 0.1) is 30.6 Å². The number of nitrogens with one attached hydrogen (secondary N) is 1. The molecule has 50 heavy (non-hydrogen) atoms. The smallest absolute Gasteiger partial charge is 0.410 e. The number of amides is 2. The molecule has 1 aromatic heterocycles. The van der Waals surface area contributed by atoms with Crippen LogP contribution >= 0.6 is 0 Å². The minimum Gasteiger partial charge on any atom is -0.444 e. The van der Waals surface area contributed by atoms with Crippen LogP contribution in [0.5, 0.6) is 0 Å². The fraction of sp³-hybridized carbons (Fsp3) is 0.738. The lowest BCUT2D eigenvalue weighted by molar-refractivity contribution is -0.128. The van der Waals surface area contributed by atoms with Crippen LogP contribution in [-0.4, -0.2) is 62.4 Å². The van der Waals surface area contributed by atoms with Gasteiger partial charge in [-0.2, -0.15) is 0 Å². The molecule has 2 N–H and O–H groups in total. The number of aliphatic hydroxyl groups is 1. The second-order valence-corrected chi connectivity index (χ2v) is 17.0. The lowest BCUT2D eigenvalue weighted by Crippen LogP contribution is -2.55. The van der Waals surface area contributed by atoms with E-state index in [1.165, 1.54) is 93.9 Å². The van der Waals surface area contributed by atoms with Crippen molar-refractivity contribution in [3.05, 3.63) is 48.0 Å². The van der Waals surface area contributed by atoms with Crippen LogP contribution in [0.3, 0.4) is 0 Å². The van der Waals surface area contributed by atoms with Crippen molar-refractivity contribution >= 4 is 12.0 Å². The van der Waals surface area contributed by atoms with Gasteiger partial charge in [-0.15, -0.1) is 0 Å². The molecule has 2 aromatic rings. The molecular formula is C42H66N4O4. The van der Waals surface area contributed by atoms with Crippen LogP contribution in [0.4, 0.5) is 4.79 Å². The maximum atomic E-state index is 14.5. The van der Waals surface area contributed by atoms with Crippen molar-refractivity contribution in [2.24, 2.45) is 23.7 Å². The zero-order valence-electron chi connectivity index (χ0n) is 31.7. The van der Waals surface area contributed by atoms with Crippen LogP contribution in [0.2, 0.25) is 0 Å². The maximum Gasteiger partial charge on any atom is 0.410 e. The molecule has 0 radical (unpaired) electrons. The molecule has 1 aromatic carbocycles. The van der Waals surface area contributed by atoms with Gasteiger partial charge >= 0.3 is 6.09 Å². The summed E-state index contributed by atoms with van der Waals surface area (Å²) in [5, 5.41) is 15.6. The quantitative estimate of drug-likeness (QED) is 0.219. The summed E-state index contributed by atoms with van der Waals surface area (Å²) in [4.78, 5) is 34.0. The normalized spacial score (nSPS) is 20.3. The van der Waals surface area contributed by atoms with Gasteiger partial charge < -0.3 is 19.7 Å². The monoisotopic (exact) mass is 691 g/mol. The number of imidazole rings is 1. The van der Waals surface area contributed by atoms with Crippen molar-refractivity contribution in [2.45, 2.75) is 167 Å². The Kier molecular flexibility index (Phi) is 13.9. The second kappa shape index (κ2) is 18.1. The molecule has 1 heterocycles. The molecule has 8 heteroatoms. The largest absolute Gasteiger partial charge is 0.444 e. The Hall–Kier alpha value is -2.87. The first-order valence-corrected chi connectivity index (χ1v) is 20.0. The van der Waals surface area contributed by atoms with Gasteiger partial charge in [-0.3, -0.25) is 9.69 Å². The van der Waals surface area contributed by atoms with E-state index in [0.29, 0.717) is 29.4 Å². The summed E-state index contributed by atoms with van der Waals surface area (Å²) in [6.45, 7) is 7.57. The van der Waals surface area contributed by atoms with Gasteiger partial charge in [-0.25, -0.2) is 9.78 Å². The number of aliphatic hydroxyl groups excluding tert-OH is 1. The van der Waals surface area contributed by atoms with E-state index in [0.717, 1.165) is 31.4 Å². The summed E-state index contributed by atoms with van der Waals surface area (Å²) in [6, 6.07) is 7.00. The number of aryl methyl sites for hydroxylation is 1. The minimum atomic E-state index is -0.847. The highest BCUT2D eigenvalue weighted by Gasteiger charge is 2.38. The Bertz CT molecular complexity index is 1310. The molecule has 0 spiro atoms. The van der Waals surface area contributed by atoms with E-state index in [1.54, 1.807) is 13.4 Å². The SMILES string of the molecule is Cc1ccc(-n2cnc(C[C@@H](C(=O)N[C@@H](CC3CCCCC3)[C@@H](O)CC(C3CCCCC3)C3CCCCC3)N(C)C(=O)OC(C)(C)C)c2)cc1. The predicted octanol–water partition coefficient (Wildman–Crippen LogP) is 8.94. The van der Waals surface area contributed by atoms with Crippen molar-refractivity contribution in [2.75, 3.05) is 7.05 Å². The topological polar surface area (TPSA) is 96.7 Å². The van der Waals surface area contributed by atoms with E-state index in [2.05, 4.69) is 29.4 Å². The van der Waals surface area contributed by atoms with Crippen molar-refractivity contribution in [1.82, 2.24) is 19.8 Å². The van der Waals surface area contributed by atoms with Crippen molar-refractivity contribution < 1.29 is 19.4 Å². The Morgan fingerprint density at radius 1 is 0.920 bits per heavy atom. The minimum absolute atomic E-state index is 0.236. The summed E-state index contributed by atoms with van der Waals surface area (Å²) in [7, 11) is 1.64. The lowest BCUT2D eigenvalue weighted by Gasteiger charge is -2.41. The van der Waals surface area contributed by atoms with E-state index in [-0.39, 0.29) is 18.4 Å². The molecule has 0 bridgehead atoms. The molecule has 3 saturated carbocycles. The van der Waals surface area contributed by atoms with Gasteiger partial charge in [0.15, 0.2) is 0 Å². The number of aromatic nitrogens is 2. The Balaban J connectivity index is 1.38. The van der Waals surface area contributed by atoms with Crippen LogP contribution in [0.1, 0.15) is 141 Å². The molecule has 3 atom stereocenters. The molecule has 5 rings (SSSR count). The average Bonchev–Trinajstić information content (AvgIpc) is 3.58. The number of likely N-dealkylation sites (N-methyl/N-ethyl adjacent to an activating group) is 1. The zero-order valence-corrected chi connectivity index (χ0v) is 31.7. The number of carbonyl (C=O) groups is 2. The van der Waals surface area contributed by atoms with Crippen molar-refractivity contribution in [1.29, 1.82) is 0 Å². The highest BCUT2D eigenvalue weighted by atomic mass is 16.6. The standard InChI is InChI=1S/C42H66N4O4/c1-30-21-23-35(24-22-30)46-28-34(43-29-46)26-38(45(5)41(49)50-42(2,3)4)40(48)44-37(25-31-15-9-6-10-16-31)39(47)27-36(32-17-11-7-12-18-32)33-19-13-8-14-20-33/h21-24,28-29,31-33,36-39,47H,6-20,25-27H2,1-5H3,(H,44,48)/t37-,38-,39-/m0/s1. The molecule has 0 unspecified atom stereocenters. The van der Waals surface area contributed by atoms with Crippen LogP contribution < -0.4 is 5.32 Å². The third-order valence-corrected chi connectivity index (χ3v) is 12.0. The number of ether oxygens (including phenoxy) is 1. The fourth-order valence-electron chi connectivity index (χ4n) is 9.10. The summed E-state index contributed by atoms with van der Waals surface area (Å²) in [5.74, 6) is 2.07. The summed E-state index contributed by atoms with van der Waals surface area (Å²) >= 11 is 0. The van der Waals surface area contributed by atoms with Gasteiger partial charge in [0.2, 0.25) is 5.91 Å². The Morgan fingerprint density at radius 3 is 2.04 bits per heavy atom. The van der Waals surface area contributed by atoms with Gasteiger partial charge in [-0.05, 0) is 76.3 Å². The van der Waals surface area contributed by atoms with Crippen molar-refractivity contribution in [3.8, 4) is 5.69 Å². The predicted molar refractivity (Wildman–Crippen MR) is 200 cm³/mol. The number of nitrogens with zero attached hydrogens (tertiary/aromatic N) is 3. The number of hydrogen-bond donors (Lipinski definition) is 2. The van der Waals surface area contributed by atoms with E-state index in [9.17, 15) is 14.7 Å². The number of hydrogen-bond acceptors (Lipinski definition) is 5. The highest BCUT2D eigenvalue weighted by Crippen LogP contribution is 2.43. The molecule has 2 amide bonds. The molecule has 3 aliphatic carbocycles. The van der Waals surface area contributed by atoms with E-state index >= 15 is 0 Å². The number of carbonyl (C=O) groups excluding carboxylic acids is 2. The third-order valence-electron chi connectivity index (χ3n) is 12.0. The molecule has 0 saturated heterocycles. The van der Waals surface area contributed by atoms with E-state index in [4.69, 9.17) is 4.74 Å². The summed E-state index contributed by atoms with van der Waals surface area (Å²) < 4.78 is 7.69. The van der Waals surface area contributed by atoms with Gasteiger partial charge in [0.25, 0.3) is 0 Å². The molecule has 278 valence electrons. The molecule has 8 nitrogen and oxygen atoms in total. The van der Waals surface area contributed by atoms with Crippen LogP contribution in [0.25, 0.3) is 5.69 Å². The fourth-order valence-corrected chi connectivity index (χ4v) is 9.10. The summed E-state index contributed by atoms with van der Waals surface area (Å²) in [5.41, 5.74) is 2.17. The van der Waals surface area contributed by atoms with Gasteiger partial charge in [0, 0.05) is 25.4 Å². The third kappa shape index (κ3) is 11.1. The highest BCUT2D eigenvalue weighted by molar-refractivity contribution is 5.86. The second-order valence-electron chi connectivity index (χ2n) is 17.0. The first kappa shape index (κ1) is 38.4. The molecular weight excluding hydrogens is 624 g/mol. The summed E-state index contributed by atoms with van der Waals surface area (Å²) in [6.07, 6.45) is 23.2. The lowest BCUT2D eigenvalue weighted by atomic mass is 9.67. The Morgan fingerprint density at radius 2 is 1.48 bits per heavy atom.